The molecule has 254 valence electrons. The van der Waals surface area contributed by atoms with Crippen LogP contribution >= 0.6 is 15.9 Å². The molecular weight excluding hydrogens is 696 g/mol. The molecule has 0 amide bonds. The number of rotatable bonds is 6. The van der Waals surface area contributed by atoms with E-state index in [2.05, 4.69) is 109 Å². The first-order valence-electron chi connectivity index (χ1n) is 16.4. The van der Waals surface area contributed by atoms with Crippen molar-refractivity contribution in [3.8, 4) is 34.0 Å². The molecule has 0 N–H and O–H groups in total. The van der Waals surface area contributed by atoms with Gasteiger partial charge in [-0.25, -0.2) is 0 Å². The van der Waals surface area contributed by atoms with Gasteiger partial charge in [0.1, 0.15) is 8.07 Å². The quantitative estimate of drug-likeness (QED) is 0.126. The standard InChI is InChI=1S/C24H25NOSi.C19H16BrNO.CH4/c1-19-10-12-20(13-11-19)18-25-23(21-8-6-5-7-9-21)15-14-22(24(25)26)16-17-27(2,3)4;1-14-7-9-15(10-8-14)13-21-18(12-11-17(20)19(21)22)16-5-3-2-4-6-16;/h5-15H,18H2,1-4H3;2-12H,13H2,1H3;1H4. The van der Waals surface area contributed by atoms with Crippen LogP contribution in [0.3, 0.4) is 0 Å². The fourth-order valence-corrected chi connectivity index (χ4v) is 6.12. The molecule has 0 aliphatic carbocycles. The third-order valence-electron chi connectivity index (χ3n) is 7.94. The maximum absolute atomic E-state index is 13.2. The Morgan fingerprint density at radius 1 is 0.560 bits per heavy atom. The molecule has 0 fully saturated rings. The van der Waals surface area contributed by atoms with Gasteiger partial charge in [0.25, 0.3) is 11.1 Å². The number of halogens is 1. The van der Waals surface area contributed by atoms with Crippen molar-refractivity contribution >= 4 is 24.0 Å². The fourth-order valence-electron chi connectivity index (χ4n) is 5.27. The molecule has 0 saturated carbocycles. The topological polar surface area (TPSA) is 44.0 Å². The highest BCUT2D eigenvalue weighted by Crippen LogP contribution is 2.21. The van der Waals surface area contributed by atoms with Crippen molar-refractivity contribution in [2.45, 2.75) is 54.0 Å². The summed E-state index contributed by atoms with van der Waals surface area (Å²) in [6.07, 6.45) is 0. The first-order valence-corrected chi connectivity index (χ1v) is 20.7. The molecule has 0 radical (unpaired) electrons. The molecule has 0 saturated heterocycles. The molecule has 2 heterocycles. The van der Waals surface area contributed by atoms with Crippen molar-refractivity contribution in [1.82, 2.24) is 9.13 Å². The Kier molecular flexibility index (Phi) is 13.0. The molecule has 0 aliphatic heterocycles. The molecule has 6 heteroatoms. The lowest BCUT2D eigenvalue weighted by Crippen LogP contribution is -2.25. The Bertz CT molecular complexity index is 2200. The summed E-state index contributed by atoms with van der Waals surface area (Å²) < 4.78 is 4.23. The maximum Gasteiger partial charge on any atom is 0.267 e. The third-order valence-corrected chi connectivity index (χ3v) is 9.41. The van der Waals surface area contributed by atoms with Crippen LogP contribution in [0, 0.1) is 25.3 Å². The van der Waals surface area contributed by atoms with Gasteiger partial charge in [0.2, 0.25) is 0 Å². The largest absolute Gasteiger partial charge is 0.303 e. The van der Waals surface area contributed by atoms with Crippen LogP contribution in [0.2, 0.25) is 19.6 Å². The van der Waals surface area contributed by atoms with E-state index >= 15 is 0 Å². The second-order valence-electron chi connectivity index (χ2n) is 13.2. The molecule has 6 aromatic rings. The zero-order valence-corrected chi connectivity index (χ0v) is 31.3. The minimum atomic E-state index is -1.55. The molecular formula is C44H45BrN2O2Si. The van der Waals surface area contributed by atoms with Crippen molar-refractivity contribution in [2.75, 3.05) is 0 Å². The van der Waals surface area contributed by atoms with Crippen molar-refractivity contribution in [2.24, 2.45) is 0 Å². The Morgan fingerprint density at radius 2 is 0.980 bits per heavy atom. The van der Waals surface area contributed by atoms with E-state index in [0.717, 1.165) is 33.6 Å². The second-order valence-corrected chi connectivity index (χ2v) is 18.8. The van der Waals surface area contributed by atoms with Gasteiger partial charge in [-0.3, -0.25) is 9.59 Å². The van der Waals surface area contributed by atoms with E-state index in [1.165, 1.54) is 11.1 Å². The average molecular weight is 742 g/mol. The van der Waals surface area contributed by atoms with Crippen LogP contribution in [0.15, 0.2) is 148 Å². The van der Waals surface area contributed by atoms with Gasteiger partial charge in [-0.15, -0.1) is 5.54 Å². The van der Waals surface area contributed by atoms with E-state index < -0.39 is 8.07 Å². The van der Waals surface area contributed by atoms with Gasteiger partial charge < -0.3 is 9.13 Å². The van der Waals surface area contributed by atoms with Crippen LogP contribution in [-0.2, 0) is 13.1 Å². The molecule has 0 aliphatic rings. The first-order chi connectivity index (χ1) is 23.5. The zero-order chi connectivity index (χ0) is 35.0. The third kappa shape index (κ3) is 10.0. The lowest BCUT2D eigenvalue weighted by molar-refractivity contribution is 0.764. The SMILES string of the molecule is C.Cc1ccc(Cn2c(-c3ccccc3)ccc(Br)c2=O)cc1.Cc1ccc(Cn2c(-c3ccccc3)ccc(C#C[Si](C)(C)C)c2=O)cc1. The second kappa shape index (κ2) is 17.1. The number of benzene rings is 4. The van der Waals surface area contributed by atoms with Crippen molar-refractivity contribution in [1.29, 1.82) is 0 Å². The number of pyridine rings is 2. The highest BCUT2D eigenvalue weighted by molar-refractivity contribution is 9.10. The van der Waals surface area contributed by atoms with Gasteiger partial charge in [-0.2, -0.15) is 0 Å². The summed E-state index contributed by atoms with van der Waals surface area (Å²) in [7, 11) is -1.55. The lowest BCUT2D eigenvalue weighted by Gasteiger charge is -2.14. The van der Waals surface area contributed by atoms with Crippen LogP contribution in [0.5, 0.6) is 0 Å². The van der Waals surface area contributed by atoms with E-state index in [9.17, 15) is 9.59 Å². The predicted molar refractivity (Wildman–Crippen MR) is 217 cm³/mol. The Morgan fingerprint density at radius 3 is 1.42 bits per heavy atom. The Hall–Kier alpha value is -4.96. The van der Waals surface area contributed by atoms with Gasteiger partial charge in [0.05, 0.1) is 34.5 Å². The molecule has 2 aromatic heterocycles. The summed E-state index contributed by atoms with van der Waals surface area (Å²) in [4.78, 5) is 25.8. The van der Waals surface area contributed by atoms with Crippen LogP contribution in [0.4, 0.5) is 0 Å². The normalized spacial score (nSPS) is 10.6. The van der Waals surface area contributed by atoms with E-state index in [0.29, 0.717) is 23.1 Å². The first kappa shape index (κ1) is 37.8. The van der Waals surface area contributed by atoms with Crippen molar-refractivity contribution < 1.29 is 0 Å². The molecule has 0 atom stereocenters. The molecule has 50 heavy (non-hydrogen) atoms. The monoisotopic (exact) mass is 740 g/mol. The minimum Gasteiger partial charge on any atom is -0.303 e. The van der Waals surface area contributed by atoms with Gasteiger partial charge in [0.15, 0.2) is 0 Å². The van der Waals surface area contributed by atoms with Gasteiger partial charge >= 0.3 is 0 Å². The minimum absolute atomic E-state index is 0. The summed E-state index contributed by atoms with van der Waals surface area (Å²) in [6, 6.07) is 44.3. The summed E-state index contributed by atoms with van der Waals surface area (Å²) >= 11 is 3.34. The Balaban J connectivity index is 0.000000225. The van der Waals surface area contributed by atoms with Crippen molar-refractivity contribution in [3.05, 3.63) is 186 Å². The molecule has 4 aromatic carbocycles. The lowest BCUT2D eigenvalue weighted by atomic mass is 10.1. The van der Waals surface area contributed by atoms with Crippen LogP contribution in [-0.4, -0.2) is 17.2 Å². The van der Waals surface area contributed by atoms with Crippen LogP contribution in [0.25, 0.3) is 22.5 Å². The number of hydrogen-bond donors (Lipinski definition) is 0. The highest BCUT2D eigenvalue weighted by Gasteiger charge is 2.13. The summed E-state index contributed by atoms with van der Waals surface area (Å²) in [6.45, 7) is 11.8. The Labute approximate surface area is 306 Å². The smallest absolute Gasteiger partial charge is 0.267 e. The molecule has 0 spiro atoms. The van der Waals surface area contributed by atoms with Gasteiger partial charge in [-0.05, 0) is 76.3 Å². The van der Waals surface area contributed by atoms with Gasteiger partial charge in [-0.1, -0.05) is 153 Å². The number of aryl methyl sites for hydroxylation is 2. The maximum atomic E-state index is 13.2. The molecule has 4 nitrogen and oxygen atoms in total. The number of aromatic nitrogens is 2. The molecule has 6 rings (SSSR count). The highest BCUT2D eigenvalue weighted by atomic mass is 79.9. The average Bonchev–Trinajstić information content (AvgIpc) is 3.10. The number of hydrogen-bond acceptors (Lipinski definition) is 2. The molecule has 0 unspecified atom stereocenters. The fraction of sp³-hybridized carbons (Fsp3) is 0.182. The summed E-state index contributed by atoms with van der Waals surface area (Å²) in [5.74, 6) is 3.15. The van der Waals surface area contributed by atoms with E-state index in [-0.39, 0.29) is 18.5 Å². The van der Waals surface area contributed by atoms with Crippen molar-refractivity contribution in [3.63, 3.8) is 0 Å². The van der Waals surface area contributed by atoms with Gasteiger partial charge in [0, 0.05) is 0 Å². The van der Waals surface area contributed by atoms with E-state index in [1.54, 1.807) is 0 Å². The van der Waals surface area contributed by atoms with E-state index in [4.69, 9.17) is 0 Å². The van der Waals surface area contributed by atoms with Crippen LogP contribution in [0.1, 0.15) is 35.2 Å². The summed E-state index contributed by atoms with van der Waals surface area (Å²) in [5.41, 5.74) is 12.4. The van der Waals surface area contributed by atoms with Crippen LogP contribution < -0.4 is 11.1 Å². The number of nitrogens with zero attached hydrogens (tertiary/aromatic N) is 2. The van der Waals surface area contributed by atoms with E-state index in [1.807, 2.05) is 94.1 Å². The zero-order valence-electron chi connectivity index (χ0n) is 28.7. The molecule has 0 bridgehead atoms. The predicted octanol–water partition coefficient (Wildman–Crippen LogP) is 10.4. The summed E-state index contributed by atoms with van der Waals surface area (Å²) in [5, 5.41) is 0.